The molecule has 6 nitrogen and oxygen atoms in total. The minimum Gasteiger partial charge on any atom is -0.493 e. The number of pyridine rings is 1. The molecule has 0 unspecified atom stereocenters. The smallest absolute Gasteiger partial charge is 0.319 e. The Bertz CT molecular complexity index is 951. The van der Waals surface area contributed by atoms with Crippen LogP contribution in [0, 0.1) is 0 Å². The molecule has 3 aromatic rings. The summed E-state index contributed by atoms with van der Waals surface area (Å²) in [6.07, 6.45) is 1.78. The highest BCUT2D eigenvalue weighted by atomic mass is 32.2. The van der Waals surface area contributed by atoms with Gasteiger partial charge in [-0.25, -0.2) is 9.78 Å². The first-order chi connectivity index (χ1) is 14.2. The minimum atomic E-state index is -0.269. The molecule has 0 spiro atoms. The average molecular weight is 410 g/mol. The van der Waals surface area contributed by atoms with Crippen LogP contribution in [0.5, 0.6) is 11.5 Å². The standard InChI is InChI=1S/C22H23N3O3S/c1-27-19-10-9-16(13-20(19)28-2)14-24-22(26)25-18-7-5-6-17(12-18)15-29-21-8-3-4-11-23-21/h3-13H,14-15H2,1-2H3,(H2,24,25,26). The number of hydrogen-bond acceptors (Lipinski definition) is 5. The highest BCUT2D eigenvalue weighted by molar-refractivity contribution is 7.98. The van der Waals surface area contributed by atoms with E-state index in [2.05, 4.69) is 15.6 Å². The van der Waals surface area contributed by atoms with Gasteiger partial charge < -0.3 is 20.1 Å². The Labute approximate surface area is 174 Å². The normalized spacial score (nSPS) is 10.3. The zero-order chi connectivity index (χ0) is 20.5. The second-order valence-corrected chi connectivity index (χ2v) is 7.15. The van der Waals surface area contributed by atoms with Gasteiger partial charge in [0.15, 0.2) is 11.5 Å². The van der Waals surface area contributed by atoms with Crippen LogP contribution >= 0.6 is 11.8 Å². The fourth-order valence-corrected chi connectivity index (χ4v) is 3.48. The van der Waals surface area contributed by atoms with Gasteiger partial charge in [-0.15, -0.1) is 11.8 Å². The number of nitrogens with one attached hydrogen (secondary N) is 2. The van der Waals surface area contributed by atoms with Crippen LogP contribution in [0.2, 0.25) is 0 Å². The number of carbonyl (C=O) groups excluding carboxylic acids is 1. The van der Waals surface area contributed by atoms with E-state index in [0.717, 1.165) is 27.6 Å². The molecular weight excluding hydrogens is 386 g/mol. The zero-order valence-electron chi connectivity index (χ0n) is 16.3. The Kier molecular flexibility index (Phi) is 7.35. The van der Waals surface area contributed by atoms with Crippen LogP contribution in [0.1, 0.15) is 11.1 Å². The van der Waals surface area contributed by atoms with E-state index in [1.54, 1.807) is 32.2 Å². The molecule has 1 heterocycles. The molecule has 2 aromatic carbocycles. The number of carbonyl (C=O) groups is 1. The third-order valence-electron chi connectivity index (χ3n) is 4.11. The van der Waals surface area contributed by atoms with E-state index in [4.69, 9.17) is 9.47 Å². The molecular formula is C22H23N3O3S. The maximum Gasteiger partial charge on any atom is 0.319 e. The summed E-state index contributed by atoms with van der Waals surface area (Å²) in [5, 5.41) is 6.69. The number of amides is 2. The third-order valence-corrected chi connectivity index (χ3v) is 5.13. The lowest BCUT2D eigenvalue weighted by Crippen LogP contribution is -2.28. The number of nitrogens with zero attached hydrogens (tertiary/aromatic N) is 1. The quantitative estimate of drug-likeness (QED) is 0.527. The lowest BCUT2D eigenvalue weighted by Gasteiger charge is -2.11. The molecule has 0 bridgehead atoms. The largest absolute Gasteiger partial charge is 0.493 e. The van der Waals surface area contributed by atoms with Crippen LogP contribution in [0.4, 0.5) is 10.5 Å². The fourth-order valence-electron chi connectivity index (χ4n) is 2.68. The molecule has 1 aromatic heterocycles. The van der Waals surface area contributed by atoms with Crippen LogP contribution in [0.3, 0.4) is 0 Å². The molecule has 0 saturated carbocycles. The van der Waals surface area contributed by atoms with E-state index in [-0.39, 0.29) is 6.03 Å². The number of thioether (sulfide) groups is 1. The second kappa shape index (κ2) is 10.4. The Morgan fingerprint density at radius 1 is 0.966 bits per heavy atom. The first kappa shape index (κ1) is 20.5. The van der Waals surface area contributed by atoms with Crippen molar-refractivity contribution in [3.8, 4) is 11.5 Å². The number of aromatic nitrogens is 1. The van der Waals surface area contributed by atoms with Crippen LogP contribution in [0.25, 0.3) is 0 Å². The van der Waals surface area contributed by atoms with E-state index < -0.39 is 0 Å². The number of benzene rings is 2. The van der Waals surface area contributed by atoms with Crippen molar-refractivity contribution in [2.75, 3.05) is 19.5 Å². The van der Waals surface area contributed by atoms with Gasteiger partial charge in [0.05, 0.1) is 19.2 Å². The van der Waals surface area contributed by atoms with E-state index in [1.165, 1.54) is 0 Å². The van der Waals surface area contributed by atoms with Crippen molar-refractivity contribution in [1.29, 1.82) is 0 Å². The molecule has 2 N–H and O–H groups in total. The summed E-state index contributed by atoms with van der Waals surface area (Å²) in [4.78, 5) is 16.6. The number of methoxy groups -OCH3 is 2. The molecule has 0 aliphatic carbocycles. The van der Waals surface area contributed by atoms with Crippen LogP contribution < -0.4 is 20.1 Å². The van der Waals surface area contributed by atoms with Crippen LogP contribution in [0.15, 0.2) is 71.9 Å². The summed E-state index contributed by atoms with van der Waals surface area (Å²) >= 11 is 1.65. The van der Waals surface area contributed by atoms with Gasteiger partial charge in [0.2, 0.25) is 0 Å². The topological polar surface area (TPSA) is 72.5 Å². The maximum atomic E-state index is 12.3. The molecule has 0 atom stereocenters. The summed E-state index contributed by atoms with van der Waals surface area (Å²) in [6, 6.07) is 18.9. The Morgan fingerprint density at radius 3 is 2.59 bits per heavy atom. The number of ether oxygens (including phenoxy) is 2. The highest BCUT2D eigenvalue weighted by Gasteiger charge is 2.07. The fraction of sp³-hybridized carbons (Fsp3) is 0.182. The van der Waals surface area contributed by atoms with E-state index in [9.17, 15) is 4.79 Å². The van der Waals surface area contributed by atoms with Crippen molar-refractivity contribution < 1.29 is 14.3 Å². The Hall–Kier alpha value is -3.19. The molecule has 0 fully saturated rings. The maximum absolute atomic E-state index is 12.3. The molecule has 0 radical (unpaired) electrons. The Morgan fingerprint density at radius 2 is 1.83 bits per heavy atom. The molecule has 150 valence electrons. The van der Waals surface area contributed by atoms with Gasteiger partial charge in [-0.3, -0.25) is 0 Å². The Balaban J connectivity index is 1.53. The van der Waals surface area contributed by atoms with Crippen molar-refractivity contribution in [3.63, 3.8) is 0 Å². The van der Waals surface area contributed by atoms with Gasteiger partial charge in [0.25, 0.3) is 0 Å². The molecule has 0 aliphatic heterocycles. The van der Waals surface area contributed by atoms with E-state index in [0.29, 0.717) is 18.0 Å². The number of rotatable bonds is 8. The summed E-state index contributed by atoms with van der Waals surface area (Å²) < 4.78 is 10.5. The van der Waals surface area contributed by atoms with Crippen molar-refractivity contribution in [2.24, 2.45) is 0 Å². The number of hydrogen-bond donors (Lipinski definition) is 2. The summed E-state index contributed by atoms with van der Waals surface area (Å²) in [6.45, 7) is 0.376. The lowest BCUT2D eigenvalue weighted by atomic mass is 10.2. The number of urea groups is 1. The summed E-state index contributed by atoms with van der Waals surface area (Å²) in [5.41, 5.74) is 2.77. The zero-order valence-corrected chi connectivity index (χ0v) is 17.2. The van der Waals surface area contributed by atoms with E-state index in [1.807, 2.05) is 60.7 Å². The van der Waals surface area contributed by atoms with Crippen molar-refractivity contribution >= 4 is 23.5 Å². The molecule has 2 amide bonds. The van der Waals surface area contributed by atoms with Crippen molar-refractivity contribution in [1.82, 2.24) is 10.3 Å². The monoisotopic (exact) mass is 409 g/mol. The highest BCUT2D eigenvalue weighted by Crippen LogP contribution is 2.27. The molecule has 0 saturated heterocycles. The van der Waals surface area contributed by atoms with Crippen LogP contribution in [-0.4, -0.2) is 25.2 Å². The second-order valence-electron chi connectivity index (χ2n) is 6.15. The number of anilines is 1. The molecule has 3 rings (SSSR count). The predicted octanol–water partition coefficient (Wildman–Crippen LogP) is 4.71. The van der Waals surface area contributed by atoms with Gasteiger partial charge in [-0.2, -0.15) is 0 Å². The SMILES string of the molecule is COc1ccc(CNC(=O)Nc2cccc(CSc3ccccn3)c2)cc1OC. The van der Waals surface area contributed by atoms with Gasteiger partial charge >= 0.3 is 6.03 Å². The summed E-state index contributed by atoms with van der Waals surface area (Å²) in [5.74, 6) is 2.06. The van der Waals surface area contributed by atoms with Crippen LogP contribution in [-0.2, 0) is 12.3 Å². The van der Waals surface area contributed by atoms with Gasteiger partial charge in [0, 0.05) is 24.2 Å². The third kappa shape index (κ3) is 6.15. The van der Waals surface area contributed by atoms with Gasteiger partial charge in [-0.1, -0.05) is 24.3 Å². The predicted molar refractivity (Wildman–Crippen MR) is 116 cm³/mol. The molecule has 7 heteroatoms. The molecule has 0 aliphatic rings. The van der Waals surface area contributed by atoms with Crippen molar-refractivity contribution in [3.05, 3.63) is 78.0 Å². The minimum absolute atomic E-state index is 0.269. The average Bonchev–Trinajstić information content (AvgIpc) is 2.77. The van der Waals surface area contributed by atoms with Crippen molar-refractivity contribution in [2.45, 2.75) is 17.3 Å². The summed E-state index contributed by atoms with van der Waals surface area (Å²) in [7, 11) is 3.17. The van der Waals surface area contributed by atoms with E-state index >= 15 is 0 Å². The van der Waals surface area contributed by atoms with Gasteiger partial charge in [-0.05, 0) is 47.5 Å². The first-order valence-electron chi connectivity index (χ1n) is 9.06. The first-order valence-corrected chi connectivity index (χ1v) is 10.0. The lowest BCUT2D eigenvalue weighted by molar-refractivity contribution is 0.251. The van der Waals surface area contributed by atoms with Gasteiger partial charge in [0.1, 0.15) is 0 Å². The molecule has 29 heavy (non-hydrogen) atoms.